The van der Waals surface area contributed by atoms with Crippen molar-refractivity contribution in [3.05, 3.63) is 53.9 Å². The summed E-state index contributed by atoms with van der Waals surface area (Å²) in [4.78, 5) is 4.13. The molecular formula is C17H21NO3. The SMILES string of the molecule is CCCOc1cncc(C(O)c2ccccc2OCC)c1. The molecule has 0 aliphatic heterocycles. The van der Waals surface area contributed by atoms with Crippen molar-refractivity contribution in [1.82, 2.24) is 4.98 Å². The monoisotopic (exact) mass is 287 g/mol. The van der Waals surface area contributed by atoms with Crippen LogP contribution in [0, 0.1) is 0 Å². The van der Waals surface area contributed by atoms with Gasteiger partial charge in [0.2, 0.25) is 0 Å². The van der Waals surface area contributed by atoms with Crippen molar-refractivity contribution < 1.29 is 14.6 Å². The van der Waals surface area contributed by atoms with Gasteiger partial charge in [-0.3, -0.25) is 4.98 Å². The molecule has 1 atom stereocenters. The van der Waals surface area contributed by atoms with Crippen LogP contribution in [0.25, 0.3) is 0 Å². The molecule has 1 unspecified atom stereocenters. The van der Waals surface area contributed by atoms with Crippen LogP contribution in [0.2, 0.25) is 0 Å². The molecule has 0 saturated carbocycles. The van der Waals surface area contributed by atoms with Crippen LogP contribution in [-0.4, -0.2) is 23.3 Å². The molecule has 1 heterocycles. The first-order valence-electron chi connectivity index (χ1n) is 7.23. The van der Waals surface area contributed by atoms with Crippen LogP contribution < -0.4 is 9.47 Å². The quantitative estimate of drug-likeness (QED) is 0.848. The first-order chi connectivity index (χ1) is 10.3. The van der Waals surface area contributed by atoms with E-state index in [1.54, 1.807) is 12.4 Å². The first-order valence-corrected chi connectivity index (χ1v) is 7.23. The zero-order valence-corrected chi connectivity index (χ0v) is 12.5. The van der Waals surface area contributed by atoms with Crippen molar-refractivity contribution >= 4 is 0 Å². The highest BCUT2D eigenvalue weighted by Crippen LogP contribution is 2.30. The van der Waals surface area contributed by atoms with Gasteiger partial charge in [-0.05, 0) is 25.5 Å². The van der Waals surface area contributed by atoms with E-state index in [2.05, 4.69) is 4.98 Å². The lowest BCUT2D eigenvalue weighted by Gasteiger charge is -2.16. The Bertz CT molecular complexity index is 571. The number of hydrogen-bond acceptors (Lipinski definition) is 4. The van der Waals surface area contributed by atoms with E-state index in [-0.39, 0.29) is 0 Å². The molecule has 4 heteroatoms. The summed E-state index contributed by atoms with van der Waals surface area (Å²) in [6, 6.07) is 9.30. The van der Waals surface area contributed by atoms with Gasteiger partial charge in [0.05, 0.1) is 19.4 Å². The third kappa shape index (κ3) is 3.95. The number of benzene rings is 1. The number of ether oxygens (including phenoxy) is 2. The molecule has 0 saturated heterocycles. The average molecular weight is 287 g/mol. The fraction of sp³-hybridized carbons (Fsp3) is 0.353. The minimum atomic E-state index is -0.787. The highest BCUT2D eigenvalue weighted by Gasteiger charge is 2.16. The fourth-order valence-corrected chi connectivity index (χ4v) is 2.06. The van der Waals surface area contributed by atoms with Gasteiger partial charge < -0.3 is 14.6 Å². The number of aliphatic hydroxyl groups is 1. The molecule has 0 spiro atoms. The predicted octanol–water partition coefficient (Wildman–Crippen LogP) is 3.35. The summed E-state index contributed by atoms with van der Waals surface area (Å²) in [7, 11) is 0. The Morgan fingerprint density at radius 2 is 1.95 bits per heavy atom. The second-order valence-electron chi connectivity index (χ2n) is 4.68. The zero-order valence-electron chi connectivity index (χ0n) is 12.5. The number of para-hydroxylation sites is 1. The van der Waals surface area contributed by atoms with Crippen molar-refractivity contribution in [2.75, 3.05) is 13.2 Å². The zero-order chi connectivity index (χ0) is 15.1. The van der Waals surface area contributed by atoms with Gasteiger partial charge in [0.15, 0.2) is 0 Å². The predicted molar refractivity (Wildman–Crippen MR) is 81.7 cm³/mol. The van der Waals surface area contributed by atoms with Crippen molar-refractivity contribution in [3.63, 3.8) is 0 Å². The van der Waals surface area contributed by atoms with E-state index in [1.165, 1.54) is 0 Å². The van der Waals surface area contributed by atoms with Gasteiger partial charge in [0.1, 0.15) is 17.6 Å². The molecule has 0 fully saturated rings. The van der Waals surface area contributed by atoms with E-state index in [9.17, 15) is 5.11 Å². The topological polar surface area (TPSA) is 51.6 Å². The molecule has 0 bridgehead atoms. The molecule has 0 aliphatic rings. The summed E-state index contributed by atoms with van der Waals surface area (Å²) in [6.45, 7) is 5.16. The summed E-state index contributed by atoms with van der Waals surface area (Å²) in [5.74, 6) is 1.36. The Morgan fingerprint density at radius 1 is 1.14 bits per heavy atom. The third-order valence-corrected chi connectivity index (χ3v) is 3.04. The molecule has 1 aromatic heterocycles. The first kappa shape index (κ1) is 15.3. The Hall–Kier alpha value is -2.07. The highest BCUT2D eigenvalue weighted by molar-refractivity contribution is 5.40. The van der Waals surface area contributed by atoms with Crippen LogP contribution in [0.15, 0.2) is 42.7 Å². The second kappa shape index (κ2) is 7.64. The van der Waals surface area contributed by atoms with E-state index in [4.69, 9.17) is 9.47 Å². The maximum Gasteiger partial charge on any atom is 0.137 e. The van der Waals surface area contributed by atoms with Crippen molar-refractivity contribution in [2.45, 2.75) is 26.4 Å². The molecular weight excluding hydrogens is 266 g/mol. The van der Waals surface area contributed by atoms with Gasteiger partial charge >= 0.3 is 0 Å². The number of aromatic nitrogens is 1. The Kier molecular flexibility index (Phi) is 5.58. The summed E-state index contributed by atoms with van der Waals surface area (Å²) in [5, 5.41) is 10.6. The summed E-state index contributed by atoms with van der Waals surface area (Å²) in [5.41, 5.74) is 1.42. The minimum absolute atomic E-state index is 0.557. The number of rotatable bonds is 7. The number of pyridine rings is 1. The number of hydrogen-bond donors (Lipinski definition) is 1. The van der Waals surface area contributed by atoms with Gasteiger partial charge in [-0.1, -0.05) is 25.1 Å². The van der Waals surface area contributed by atoms with Crippen LogP contribution in [0.3, 0.4) is 0 Å². The molecule has 0 amide bonds. The standard InChI is InChI=1S/C17H21NO3/c1-3-9-21-14-10-13(11-18-12-14)17(19)15-7-5-6-8-16(15)20-4-2/h5-8,10-12,17,19H,3-4,9H2,1-2H3. The normalized spacial score (nSPS) is 12.0. The van der Waals surface area contributed by atoms with Crippen molar-refractivity contribution in [2.24, 2.45) is 0 Å². The Labute approximate surface area is 125 Å². The van der Waals surface area contributed by atoms with Crippen LogP contribution in [0.4, 0.5) is 0 Å². The van der Waals surface area contributed by atoms with Crippen molar-refractivity contribution in [3.8, 4) is 11.5 Å². The fourth-order valence-electron chi connectivity index (χ4n) is 2.06. The third-order valence-electron chi connectivity index (χ3n) is 3.04. The van der Waals surface area contributed by atoms with Crippen LogP contribution in [-0.2, 0) is 0 Å². The maximum absolute atomic E-state index is 10.6. The molecule has 112 valence electrons. The second-order valence-corrected chi connectivity index (χ2v) is 4.68. The lowest BCUT2D eigenvalue weighted by Crippen LogP contribution is -2.05. The van der Waals surface area contributed by atoms with Crippen LogP contribution in [0.1, 0.15) is 37.5 Å². The van der Waals surface area contributed by atoms with E-state index in [1.807, 2.05) is 44.2 Å². The number of nitrogens with zero attached hydrogens (tertiary/aromatic N) is 1. The smallest absolute Gasteiger partial charge is 0.137 e. The van der Waals surface area contributed by atoms with Gasteiger partial charge in [0.25, 0.3) is 0 Å². The van der Waals surface area contributed by atoms with Gasteiger partial charge in [-0.25, -0.2) is 0 Å². The minimum Gasteiger partial charge on any atom is -0.493 e. The van der Waals surface area contributed by atoms with E-state index in [0.717, 1.165) is 12.0 Å². The van der Waals surface area contributed by atoms with E-state index in [0.29, 0.717) is 30.3 Å². The van der Waals surface area contributed by atoms with Gasteiger partial charge in [0, 0.05) is 17.3 Å². The Morgan fingerprint density at radius 3 is 2.71 bits per heavy atom. The lowest BCUT2D eigenvalue weighted by atomic mass is 10.0. The Balaban J connectivity index is 2.25. The van der Waals surface area contributed by atoms with Crippen molar-refractivity contribution in [1.29, 1.82) is 0 Å². The average Bonchev–Trinajstić information content (AvgIpc) is 2.53. The summed E-state index contributed by atoms with van der Waals surface area (Å²) < 4.78 is 11.1. The van der Waals surface area contributed by atoms with E-state index < -0.39 is 6.10 Å². The molecule has 0 aliphatic carbocycles. The summed E-state index contributed by atoms with van der Waals surface area (Å²) in [6.07, 6.45) is 3.44. The highest BCUT2D eigenvalue weighted by atomic mass is 16.5. The molecule has 2 aromatic rings. The van der Waals surface area contributed by atoms with Gasteiger partial charge in [-0.15, -0.1) is 0 Å². The van der Waals surface area contributed by atoms with Crippen LogP contribution in [0.5, 0.6) is 11.5 Å². The van der Waals surface area contributed by atoms with Crippen LogP contribution >= 0.6 is 0 Å². The van der Waals surface area contributed by atoms with Gasteiger partial charge in [-0.2, -0.15) is 0 Å². The molecule has 2 rings (SSSR count). The maximum atomic E-state index is 10.6. The number of aliphatic hydroxyl groups excluding tert-OH is 1. The summed E-state index contributed by atoms with van der Waals surface area (Å²) >= 11 is 0. The molecule has 21 heavy (non-hydrogen) atoms. The molecule has 1 N–H and O–H groups in total. The largest absolute Gasteiger partial charge is 0.493 e. The molecule has 4 nitrogen and oxygen atoms in total. The van der Waals surface area contributed by atoms with E-state index >= 15 is 0 Å². The molecule has 0 radical (unpaired) electrons. The molecule has 1 aromatic carbocycles. The lowest BCUT2D eigenvalue weighted by molar-refractivity contribution is 0.210.